The number of anilines is 2. The zero-order chi connectivity index (χ0) is 20.1. The first kappa shape index (κ1) is 19.0. The monoisotopic (exact) mass is 375 g/mol. The average Bonchev–Trinajstić information content (AvgIpc) is 2.71. The Kier molecular flexibility index (Phi) is 5.61. The van der Waals surface area contributed by atoms with Gasteiger partial charge in [0.1, 0.15) is 11.5 Å². The lowest BCUT2D eigenvalue weighted by Crippen LogP contribution is -2.38. The molecule has 0 amide bonds. The Morgan fingerprint density at radius 3 is 2.50 bits per heavy atom. The first-order valence-electron chi connectivity index (χ1n) is 8.94. The Labute approximate surface area is 162 Å². The summed E-state index contributed by atoms with van der Waals surface area (Å²) in [6.07, 6.45) is 0. The fourth-order valence-electron chi connectivity index (χ4n) is 3.11. The molecule has 3 N–H and O–H groups in total. The largest absolute Gasteiger partial charge is 0.383 e. The SMILES string of the molecule is CCN(Cc1cccc(C#N)c1)c1c(N)n(Cc2ccccc2)c(=O)[nH]c1=O. The Bertz CT molecular complexity index is 1130. The topological polar surface area (TPSA) is 108 Å². The van der Waals surface area contributed by atoms with Crippen LogP contribution in [0.5, 0.6) is 0 Å². The van der Waals surface area contributed by atoms with E-state index in [-0.39, 0.29) is 18.1 Å². The van der Waals surface area contributed by atoms with Gasteiger partial charge in [-0.25, -0.2) is 4.79 Å². The van der Waals surface area contributed by atoms with Crippen molar-refractivity contribution in [2.45, 2.75) is 20.0 Å². The van der Waals surface area contributed by atoms with Crippen molar-refractivity contribution in [3.63, 3.8) is 0 Å². The van der Waals surface area contributed by atoms with Gasteiger partial charge < -0.3 is 10.6 Å². The first-order chi connectivity index (χ1) is 13.5. The lowest BCUT2D eigenvalue weighted by Gasteiger charge is -2.25. The Morgan fingerprint density at radius 1 is 1.11 bits per heavy atom. The summed E-state index contributed by atoms with van der Waals surface area (Å²) < 4.78 is 1.36. The second-order valence-corrected chi connectivity index (χ2v) is 6.39. The van der Waals surface area contributed by atoms with Gasteiger partial charge in [0.25, 0.3) is 5.56 Å². The number of nitrogens with one attached hydrogen (secondary N) is 1. The van der Waals surface area contributed by atoms with Crippen LogP contribution < -0.4 is 21.9 Å². The number of hydrogen-bond donors (Lipinski definition) is 2. The van der Waals surface area contributed by atoms with Crippen LogP contribution >= 0.6 is 0 Å². The molecule has 0 aliphatic carbocycles. The quantitative estimate of drug-likeness (QED) is 0.686. The van der Waals surface area contributed by atoms with Crippen molar-refractivity contribution in [2.75, 3.05) is 17.2 Å². The summed E-state index contributed by atoms with van der Waals surface area (Å²) in [5, 5.41) is 9.09. The standard InChI is InChI=1S/C21H21N5O2/c1-2-25(13-17-10-6-9-16(11-17)12-22)18-19(23)26(21(28)24-20(18)27)14-15-7-4-3-5-8-15/h3-11H,2,13-14,23H2,1H3,(H,24,27,28). The summed E-state index contributed by atoms with van der Waals surface area (Å²) in [5.74, 6) is 0.121. The summed E-state index contributed by atoms with van der Waals surface area (Å²) in [6.45, 7) is 3.06. The van der Waals surface area contributed by atoms with Crippen molar-refractivity contribution in [3.8, 4) is 6.07 Å². The smallest absolute Gasteiger partial charge is 0.330 e. The molecule has 3 rings (SSSR count). The summed E-state index contributed by atoms with van der Waals surface area (Å²) in [4.78, 5) is 29.0. The molecule has 0 saturated heterocycles. The number of aromatic nitrogens is 2. The zero-order valence-corrected chi connectivity index (χ0v) is 15.6. The van der Waals surface area contributed by atoms with Gasteiger partial charge in [-0.05, 0) is 30.2 Å². The average molecular weight is 375 g/mol. The van der Waals surface area contributed by atoms with Gasteiger partial charge in [0, 0.05) is 13.1 Å². The number of hydrogen-bond acceptors (Lipinski definition) is 5. The lowest BCUT2D eigenvalue weighted by atomic mass is 10.1. The molecule has 0 bridgehead atoms. The van der Waals surface area contributed by atoms with Gasteiger partial charge in [0.05, 0.1) is 18.2 Å². The van der Waals surface area contributed by atoms with E-state index in [2.05, 4.69) is 11.1 Å². The highest BCUT2D eigenvalue weighted by Crippen LogP contribution is 2.20. The molecule has 142 valence electrons. The number of nitriles is 1. The lowest BCUT2D eigenvalue weighted by molar-refractivity contribution is 0.718. The van der Waals surface area contributed by atoms with E-state index < -0.39 is 11.2 Å². The van der Waals surface area contributed by atoms with E-state index in [9.17, 15) is 9.59 Å². The number of rotatable bonds is 6. The number of aromatic amines is 1. The maximum absolute atomic E-state index is 12.5. The van der Waals surface area contributed by atoms with Crippen LogP contribution in [0.1, 0.15) is 23.6 Å². The Balaban J connectivity index is 2.01. The molecule has 0 unspecified atom stereocenters. The van der Waals surface area contributed by atoms with Crippen LogP contribution in [0.4, 0.5) is 11.5 Å². The van der Waals surface area contributed by atoms with Gasteiger partial charge in [-0.1, -0.05) is 42.5 Å². The predicted octanol–water partition coefficient (Wildman–Crippen LogP) is 2.07. The molecule has 7 nitrogen and oxygen atoms in total. The third-order valence-corrected chi connectivity index (χ3v) is 4.53. The maximum Gasteiger partial charge on any atom is 0.330 e. The molecular weight excluding hydrogens is 354 g/mol. The van der Waals surface area contributed by atoms with Crippen LogP contribution in [0.2, 0.25) is 0 Å². The van der Waals surface area contributed by atoms with Gasteiger partial charge in [0.15, 0.2) is 0 Å². The minimum absolute atomic E-state index is 0.121. The molecule has 0 atom stereocenters. The van der Waals surface area contributed by atoms with Crippen molar-refractivity contribution < 1.29 is 0 Å². The zero-order valence-electron chi connectivity index (χ0n) is 15.6. The molecule has 0 fully saturated rings. The Hall–Kier alpha value is -3.79. The van der Waals surface area contributed by atoms with Crippen molar-refractivity contribution >= 4 is 11.5 Å². The van der Waals surface area contributed by atoms with Crippen LogP contribution in [-0.4, -0.2) is 16.1 Å². The highest BCUT2D eigenvalue weighted by Gasteiger charge is 2.18. The van der Waals surface area contributed by atoms with Crippen molar-refractivity contribution in [2.24, 2.45) is 0 Å². The first-order valence-corrected chi connectivity index (χ1v) is 8.94. The van der Waals surface area contributed by atoms with E-state index in [4.69, 9.17) is 11.0 Å². The summed E-state index contributed by atoms with van der Waals surface area (Å²) in [5.41, 5.74) is 7.77. The summed E-state index contributed by atoms with van der Waals surface area (Å²) in [6, 6.07) is 18.7. The highest BCUT2D eigenvalue weighted by molar-refractivity contribution is 5.62. The fourth-order valence-corrected chi connectivity index (χ4v) is 3.11. The van der Waals surface area contributed by atoms with Crippen LogP contribution in [0, 0.1) is 11.3 Å². The van der Waals surface area contributed by atoms with Gasteiger partial charge >= 0.3 is 5.69 Å². The molecule has 2 aromatic carbocycles. The number of nitrogens with two attached hydrogens (primary N) is 1. The van der Waals surface area contributed by atoms with Gasteiger partial charge in [-0.3, -0.25) is 14.3 Å². The van der Waals surface area contributed by atoms with Gasteiger partial charge in [-0.15, -0.1) is 0 Å². The number of benzene rings is 2. The molecule has 1 heterocycles. The molecule has 0 aliphatic rings. The molecule has 1 aromatic heterocycles. The third kappa shape index (κ3) is 3.96. The van der Waals surface area contributed by atoms with Gasteiger partial charge in [0.2, 0.25) is 0 Å². The van der Waals surface area contributed by atoms with Crippen LogP contribution in [-0.2, 0) is 13.1 Å². The van der Waals surface area contributed by atoms with Crippen LogP contribution in [0.25, 0.3) is 0 Å². The molecule has 0 radical (unpaired) electrons. The second kappa shape index (κ2) is 8.27. The van der Waals surface area contributed by atoms with E-state index in [0.29, 0.717) is 18.7 Å². The van der Waals surface area contributed by atoms with E-state index in [1.54, 1.807) is 23.1 Å². The molecule has 0 spiro atoms. The normalized spacial score (nSPS) is 10.4. The number of nitrogens with zero attached hydrogens (tertiary/aromatic N) is 3. The Morgan fingerprint density at radius 2 is 1.82 bits per heavy atom. The fraction of sp³-hybridized carbons (Fsp3) is 0.190. The van der Waals surface area contributed by atoms with E-state index >= 15 is 0 Å². The highest BCUT2D eigenvalue weighted by atomic mass is 16.2. The van der Waals surface area contributed by atoms with Crippen molar-refractivity contribution in [1.29, 1.82) is 5.26 Å². The molecular formula is C21H21N5O2. The number of H-pyrrole nitrogens is 1. The van der Waals surface area contributed by atoms with E-state index in [1.165, 1.54) is 4.57 Å². The van der Waals surface area contributed by atoms with Crippen LogP contribution in [0.15, 0.2) is 64.2 Å². The molecule has 28 heavy (non-hydrogen) atoms. The summed E-state index contributed by atoms with van der Waals surface area (Å²) >= 11 is 0. The molecule has 0 aliphatic heterocycles. The van der Waals surface area contributed by atoms with E-state index in [1.807, 2.05) is 43.3 Å². The molecule has 7 heteroatoms. The van der Waals surface area contributed by atoms with Gasteiger partial charge in [-0.2, -0.15) is 5.26 Å². The minimum Gasteiger partial charge on any atom is -0.383 e. The van der Waals surface area contributed by atoms with Crippen molar-refractivity contribution in [1.82, 2.24) is 9.55 Å². The van der Waals surface area contributed by atoms with E-state index in [0.717, 1.165) is 11.1 Å². The van der Waals surface area contributed by atoms with Crippen LogP contribution in [0.3, 0.4) is 0 Å². The number of nitrogen functional groups attached to an aromatic ring is 1. The maximum atomic E-state index is 12.5. The summed E-state index contributed by atoms with van der Waals surface area (Å²) in [7, 11) is 0. The van der Waals surface area contributed by atoms with Crippen molar-refractivity contribution in [3.05, 3.63) is 92.1 Å². The molecule has 0 saturated carbocycles. The predicted molar refractivity (Wildman–Crippen MR) is 109 cm³/mol. The minimum atomic E-state index is -0.544. The third-order valence-electron chi connectivity index (χ3n) is 4.53. The molecule has 3 aromatic rings. The second-order valence-electron chi connectivity index (χ2n) is 6.39.